The highest BCUT2D eigenvalue weighted by Gasteiger charge is 2.38. The molecule has 0 aromatic heterocycles. The van der Waals surface area contributed by atoms with Gasteiger partial charge in [0, 0.05) is 11.6 Å². The second-order valence-electron chi connectivity index (χ2n) is 3.44. The van der Waals surface area contributed by atoms with Gasteiger partial charge in [-0.05, 0) is 30.5 Å². The smallest absolute Gasteiger partial charge is 0.318 e. The molecule has 0 atom stereocenters. The van der Waals surface area contributed by atoms with Crippen LogP contribution < -0.4 is 5.32 Å². The molecule has 0 aliphatic rings. The molecule has 0 aliphatic carbocycles. The number of halogens is 4. The average Bonchev–Trinajstić information content (AvgIpc) is 2.27. The topological polar surface area (TPSA) is 29.1 Å². The second-order valence-corrected chi connectivity index (χ2v) is 3.82. The summed E-state index contributed by atoms with van der Waals surface area (Å²) in [7, 11) is 0. The Morgan fingerprint density at radius 2 is 1.82 bits per heavy atom. The molecule has 94 valence electrons. The van der Waals surface area contributed by atoms with E-state index in [-0.39, 0.29) is 5.69 Å². The van der Waals surface area contributed by atoms with Crippen molar-refractivity contribution in [3.8, 4) is 0 Å². The van der Waals surface area contributed by atoms with Gasteiger partial charge in [0.2, 0.25) is 0 Å². The molecule has 1 aromatic carbocycles. The molecule has 1 rings (SSSR count). The summed E-state index contributed by atoms with van der Waals surface area (Å²) in [6.45, 7) is 0. The summed E-state index contributed by atoms with van der Waals surface area (Å²) < 4.78 is 35.9. The van der Waals surface area contributed by atoms with Gasteiger partial charge in [-0.15, -0.1) is 11.6 Å². The predicted molar refractivity (Wildman–Crippen MR) is 60.2 cm³/mol. The predicted octanol–water partition coefficient (Wildman–Crippen LogP) is 3.36. The molecule has 0 aliphatic heterocycles. The van der Waals surface area contributed by atoms with Gasteiger partial charge in [0.25, 0.3) is 0 Å². The van der Waals surface area contributed by atoms with Crippen LogP contribution in [-0.2, 0) is 11.2 Å². The number of anilines is 1. The van der Waals surface area contributed by atoms with E-state index in [1.165, 1.54) is 12.1 Å². The summed E-state index contributed by atoms with van der Waals surface area (Å²) in [5.74, 6) is -1.43. The van der Waals surface area contributed by atoms with Crippen LogP contribution in [0.5, 0.6) is 0 Å². The van der Waals surface area contributed by atoms with Crippen LogP contribution in [0.25, 0.3) is 0 Å². The summed E-state index contributed by atoms with van der Waals surface area (Å²) in [5.41, 5.74) is 1.10. The van der Waals surface area contributed by atoms with Gasteiger partial charge in [-0.2, -0.15) is 13.2 Å². The zero-order chi connectivity index (χ0) is 12.9. The highest BCUT2D eigenvalue weighted by molar-refractivity contribution is 6.17. The Morgan fingerprint density at radius 3 is 2.29 bits per heavy atom. The number of benzene rings is 1. The van der Waals surface area contributed by atoms with Crippen LogP contribution in [0.15, 0.2) is 24.3 Å². The van der Waals surface area contributed by atoms with E-state index in [9.17, 15) is 18.0 Å². The first-order valence-corrected chi connectivity index (χ1v) is 5.50. The lowest BCUT2D eigenvalue weighted by Crippen LogP contribution is -2.29. The van der Waals surface area contributed by atoms with Crippen LogP contribution in [-0.4, -0.2) is 18.0 Å². The van der Waals surface area contributed by atoms with Crippen LogP contribution in [0.3, 0.4) is 0 Å². The minimum absolute atomic E-state index is 0.127. The van der Waals surface area contributed by atoms with E-state index in [0.717, 1.165) is 18.4 Å². The fourth-order valence-electron chi connectivity index (χ4n) is 1.23. The number of aryl methyl sites for hydroxylation is 1. The van der Waals surface area contributed by atoms with E-state index >= 15 is 0 Å². The number of carbonyl (C=O) groups is 1. The molecule has 2 nitrogen and oxygen atoms in total. The molecule has 0 spiro atoms. The van der Waals surface area contributed by atoms with Gasteiger partial charge in [0.1, 0.15) is 0 Å². The highest BCUT2D eigenvalue weighted by Crippen LogP contribution is 2.18. The summed E-state index contributed by atoms with van der Waals surface area (Å²) in [6, 6.07) is 6.21. The minimum Gasteiger partial charge on any atom is -0.318 e. The molecule has 0 saturated heterocycles. The molecule has 6 heteroatoms. The third kappa shape index (κ3) is 4.65. The van der Waals surface area contributed by atoms with Gasteiger partial charge >= 0.3 is 12.1 Å². The van der Waals surface area contributed by atoms with Crippen LogP contribution in [0.4, 0.5) is 18.9 Å². The Morgan fingerprint density at radius 1 is 1.24 bits per heavy atom. The van der Waals surface area contributed by atoms with Gasteiger partial charge in [-0.1, -0.05) is 12.1 Å². The van der Waals surface area contributed by atoms with Crippen molar-refractivity contribution in [3.63, 3.8) is 0 Å². The molecule has 0 unspecified atom stereocenters. The first-order chi connectivity index (χ1) is 7.93. The number of carbonyl (C=O) groups excluding carboxylic acids is 1. The molecule has 0 fully saturated rings. The van der Waals surface area contributed by atoms with Crippen LogP contribution in [0.1, 0.15) is 12.0 Å². The third-order valence-corrected chi connectivity index (χ3v) is 2.34. The molecule has 0 bridgehead atoms. The lowest BCUT2D eigenvalue weighted by atomic mass is 10.1. The number of nitrogens with one attached hydrogen (secondary N) is 1. The number of rotatable bonds is 4. The van der Waals surface area contributed by atoms with Crippen molar-refractivity contribution in [1.82, 2.24) is 0 Å². The molecule has 1 amide bonds. The second kappa shape index (κ2) is 5.91. The average molecular weight is 266 g/mol. The maximum absolute atomic E-state index is 12.0. The lowest BCUT2D eigenvalue weighted by molar-refractivity contribution is -0.167. The van der Waals surface area contributed by atoms with Gasteiger partial charge in [0.15, 0.2) is 0 Å². The van der Waals surface area contributed by atoms with Crippen molar-refractivity contribution in [2.45, 2.75) is 19.0 Å². The number of amides is 1. The van der Waals surface area contributed by atoms with Crippen molar-refractivity contribution in [2.75, 3.05) is 11.2 Å². The Balaban J connectivity index is 2.59. The molecule has 0 radical (unpaired) electrons. The largest absolute Gasteiger partial charge is 0.471 e. The summed E-state index contributed by atoms with van der Waals surface area (Å²) in [4.78, 5) is 10.6. The number of hydrogen-bond acceptors (Lipinski definition) is 1. The Hall–Kier alpha value is -1.23. The van der Waals surface area contributed by atoms with Crippen molar-refractivity contribution in [3.05, 3.63) is 29.8 Å². The fraction of sp³-hybridized carbons (Fsp3) is 0.364. The Labute approximate surface area is 102 Å². The molecule has 0 heterocycles. The Kier molecular flexibility index (Phi) is 4.81. The highest BCUT2D eigenvalue weighted by atomic mass is 35.5. The summed E-state index contributed by atoms with van der Waals surface area (Å²) in [6.07, 6.45) is -3.30. The van der Waals surface area contributed by atoms with E-state index in [2.05, 4.69) is 0 Å². The minimum atomic E-state index is -4.86. The summed E-state index contributed by atoms with van der Waals surface area (Å²) in [5, 5.41) is 1.78. The van der Waals surface area contributed by atoms with Crippen molar-refractivity contribution in [2.24, 2.45) is 0 Å². The molecule has 0 saturated carbocycles. The lowest BCUT2D eigenvalue weighted by Gasteiger charge is -2.08. The normalized spacial score (nSPS) is 11.3. The van der Waals surface area contributed by atoms with Crippen molar-refractivity contribution in [1.29, 1.82) is 0 Å². The SMILES string of the molecule is O=C(Nc1ccc(CCCCl)cc1)C(F)(F)F. The first kappa shape index (κ1) is 13.8. The zero-order valence-electron chi connectivity index (χ0n) is 8.85. The molecule has 1 aromatic rings. The van der Waals surface area contributed by atoms with E-state index in [1.807, 2.05) is 0 Å². The maximum atomic E-state index is 12.0. The van der Waals surface area contributed by atoms with E-state index in [1.54, 1.807) is 17.4 Å². The quantitative estimate of drug-likeness (QED) is 0.831. The molecule has 1 N–H and O–H groups in total. The van der Waals surface area contributed by atoms with Crippen molar-refractivity contribution < 1.29 is 18.0 Å². The summed E-state index contributed by atoms with van der Waals surface area (Å²) >= 11 is 5.52. The van der Waals surface area contributed by atoms with E-state index < -0.39 is 12.1 Å². The van der Waals surface area contributed by atoms with Gasteiger partial charge in [-0.25, -0.2) is 0 Å². The third-order valence-electron chi connectivity index (χ3n) is 2.07. The van der Waals surface area contributed by atoms with Crippen LogP contribution >= 0.6 is 11.6 Å². The first-order valence-electron chi connectivity index (χ1n) is 4.96. The maximum Gasteiger partial charge on any atom is 0.471 e. The molecular weight excluding hydrogens is 255 g/mol. The number of hydrogen-bond donors (Lipinski definition) is 1. The van der Waals surface area contributed by atoms with E-state index in [4.69, 9.17) is 11.6 Å². The Bertz CT molecular complexity index is 375. The zero-order valence-corrected chi connectivity index (χ0v) is 9.61. The molecule has 17 heavy (non-hydrogen) atoms. The van der Waals surface area contributed by atoms with Crippen LogP contribution in [0, 0.1) is 0 Å². The monoisotopic (exact) mass is 265 g/mol. The standard InChI is InChI=1S/C11H11ClF3NO/c12-7-1-2-8-3-5-9(6-4-8)16-10(17)11(13,14)15/h3-6H,1-2,7H2,(H,16,17). The number of alkyl halides is 4. The van der Waals surface area contributed by atoms with Crippen molar-refractivity contribution >= 4 is 23.2 Å². The van der Waals surface area contributed by atoms with E-state index in [0.29, 0.717) is 5.88 Å². The van der Waals surface area contributed by atoms with Gasteiger partial charge in [0.05, 0.1) is 0 Å². The van der Waals surface area contributed by atoms with Gasteiger partial charge < -0.3 is 5.32 Å². The van der Waals surface area contributed by atoms with Gasteiger partial charge in [-0.3, -0.25) is 4.79 Å². The molecular formula is C11H11ClF3NO. The fourth-order valence-corrected chi connectivity index (χ4v) is 1.36. The van der Waals surface area contributed by atoms with Crippen LogP contribution in [0.2, 0.25) is 0 Å².